The zero-order chi connectivity index (χ0) is 16.3. The number of benzene rings is 1. The van der Waals surface area contributed by atoms with Crippen LogP contribution in [0.5, 0.6) is 0 Å². The number of halogens is 3. The van der Waals surface area contributed by atoms with Crippen LogP contribution >= 0.6 is 0 Å². The van der Waals surface area contributed by atoms with Gasteiger partial charge in [0.15, 0.2) is 0 Å². The highest BCUT2D eigenvalue weighted by atomic mass is 19.4. The molecule has 1 aliphatic rings. The van der Waals surface area contributed by atoms with Gasteiger partial charge in [-0.1, -0.05) is 13.8 Å². The van der Waals surface area contributed by atoms with Crippen LogP contribution in [0.25, 0.3) is 0 Å². The fourth-order valence-corrected chi connectivity index (χ4v) is 2.86. The maximum atomic E-state index is 13.0. The molecule has 22 heavy (non-hydrogen) atoms. The van der Waals surface area contributed by atoms with Gasteiger partial charge in [0, 0.05) is 37.9 Å². The number of rotatable bonds is 4. The largest absolute Gasteiger partial charge is 0.416 e. The van der Waals surface area contributed by atoms with Gasteiger partial charge in [-0.2, -0.15) is 13.2 Å². The van der Waals surface area contributed by atoms with E-state index in [0.29, 0.717) is 17.9 Å². The molecule has 3 N–H and O–H groups in total. The fraction of sp³-hybridized carbons (Fsp3) is 0.625. The van der Waals surface area contributed by atoms with Gasteiger partial charge in [0.25, 0.3) is 0 Å². The Balaban J connectivity index is 2.38. The van der Waals surface area contributed by atoms with Crippen LogP contribution in [0.4, 0.5) is 18.9 Å². The number of hydrogen-bond acceptors (Lipinski definition) is 3. The molecule has 1 atom stereocenters. The molecule has 3 nitrogen and oxygen atoms in total. The summed E-state index contributed by atoms with van der Waals surface area (Å²) in [6.07, 6.45) is -3.67. The molecule has 1 saturated heterocycles. The standard InChI is InChI=1S/C16H24F3N3/c1-11(2)9-14(20)13-10-12(16(17,18)19)3-4-15(13)22-7-5-21-6-8-22/h3-4,10-11,14,21H,5-9,20H2,1-2H3/t14-/m0/s1. The van der Waals surface area contributed by atoms with Crippen LogP contribution in [0.15, 0.2) is 18.2 Å². The molecule has 0 aliphatic carbocycles. The Morgan fingerprint density at radius 1 is 1.23 bits per heavy atom. The van der Waals surface area contributed by atoms with Crippen LogP contribution in [0.1, 0.15) is 37.4 Å². The predicted octanol–water partition coefficient (Wildman–Crippen LogP) is 3.16. The zero-order valence-corrected chi connectivity index (χ0v) is 13.1. The minimum atomic E-state index is -4.34. The Morgan fingerprint density at radius 3 is 2.41 bits per heavy atom. The minimum Gasteiger partial charge on any atom is -0.369 e. The summed E-state index contributed by atoms with van der Waals surface area (Å²) in [5.41, 5.74) is 7.02. The minimum absolute atomic E-state index is 0.334. The van der Waals surface area contributed by atoms with Gasteiger partial charge in [0.05, 0.1) is 5.56 Å². The van der Waals surface area contributed by atoms with Crippen molar-refractivity contribution in [2.45, 2.75) is 32.5 Å². The lowest BCUT2D eigenvalue weighted by molar-refractivity contribution is -0.137. The van der Waals surface area contributed by atoms with Crippen molar-refractivity contribution in [2.24, 2.45) is 11.7 Å². The summed E-state index contributed by atoms with van der Waals surface area (Å²) in [4.78, 5) is 2.12. The molecule has 124 valence electrons. The second-order valence-corrected chi connectivity index (χ2v) is 6.24. The maximum Gasteiger partial charge on any atom is 0.416 e. The van der Waals surface area contributed by atoms with Gasteiger partial charge >= 0.3 is 6.18 Å². The van der Waals surface area contributed by atoms with E-state index in [0.717, 1.165) is 37.9 Å². The van der Waals surface area contributed by atoms with E-state index in [1.165, 1.54) is 6.07 Å². The predicted molar refractivity (Wildman–Crippen MR) is 82.9 cm³/mol. The number of hydrogen-bond donors (Lipinski definition) is 2. The smallest absolute Gasteiger partial charge is 0.369 e. The highest BCUT2D eigenvalue weighted by Crippen LogP contribution is 2.36. The normalized spacial score (nSPS) is 17.9. The summed E-state index contributed by atoms with van der Waals surface area (Å²) in [6.45, 7) is 7.29. The molecular weight excluding hydrogens is 291 g/mol. The number of piperazine rings is 1. The molecule has 2 rings (SSSR count). The molecule has 6 heteroatoms. The van der Waals surface area contributed by atoms with Gasteiger partial charge in [0.1, 0.15) is 0 Å². The first-order chi connectivity index (χ1) is 10.3. The van der Waals surface area contributed by atoms with Gasteiger partial charge < -0.3 is 16.0 Å². The molecular formula is C16H24F3N3. The lowest BCUT2D eigenvalue weighted by Crippen LogP contribution is -2.44. The van der Waals surface area contributed by atoms with E-state index < -0.39 is 11.7 Å². The highest BCUT2D eigenvalue weighted by molar-refractivity contribution is 5.57. The van der Waals surface area contributed by atoms with E-state index in [-0.39, 0.29) is 6.04 Å². The first-order valence-electron chi connectivity index (χ1n) is 7.71. The van der Waals surface area contributed by atoms with Gasteiger partial charge in [-0.15, -0.1) is 0 Å². The Hall–Kier alpha value is -1.27. The lowest BCUT2D eigenvalue weighted by atomic mass is 9.94. The third-order valence-corrected chi connectivity index (χ3v) is 3.94. The summed E-state index contributed by atoms with van der Waals surface area (Å²) in [7, 11) is 0. The van der Waals surface area contributed by atoms with Gasteiger partial charge in [-0.3, -0.25) is 0 Å². The van der Waals surface area contributed by atoms with E-state index in [2.05, 4.69) is 10.2 Å². The van der Waals surface area contributed by atoms with Gasteiger partial charge in [-0.25, -0.2) is 0 Å². The lowest BCUT2D eigenvalue weighted by Gasteiger charge is -2.33. The number of nitrogens with one attached hydrogen (secondary N) is 1. The third-order valence-electron chi connectivity index (χ3n) is 3.94. The van der Waals surface area contributed by atoms with Crippen molar-refractivity contribution in [3.63, 3.8) is 0 Å². The van der Waals surface area contributed by atoms with E-state index in [1.54, 1.807) is 6.07 Å². The Morgan fingerprint density at radius 2 is 1.86 bits per heavy atom. The second-order valence-electron chi connectivity index (χ2n) is 6.24. The summed E-state index contributed by atoms with van der Waals surface area (Å²) < 4.78 is 39.0. The molecule has 0 saturated carbocycles. The first-order valence-corrected chi connectivity index (χ1v) is 7.71. The second kappa shape index (κ2) is 6.87. The van der Waals surface area contributed by atoms with E-state index in [1.807, 2.05) is 13.8 Å². The number of nitrogens with zero attached hydrogens (tertiary/aromatic N) is 1. The number of alkyl halides is 3. The maximum absolute atomic E-state index is 13.0. The Labute approximate surface area is 129 Å². The van der Waals surface area contributed by atoms with Crippen LogP contribution in [-0.2, 0) is 6.18 Å². The fourth-order valence-electron chi connectivity index (χ4n) is 2.86. The molecule has 0 unspecified atom stereocenters. The van der Waals surface area contributed by atoms with Crippen molar-refractivity contribution >= 4 is 5.69 Å². The van der Waals surface area contributed by atoms with Crippen molar-refractivity contribution in [2.75, 3.05) is 31.1 Å². The van der Waals surface area contributed by atoms with Gasteiger partial charge in [0.2, 0.25) is 0 Å². The van der Waals surface area contributed by atoms with Crippen LogP contribution in [0.3, 0.4) is 0 Å². The molecule has 1 aliphatic heterocycles. The van der Waals surface area contributed by atoms with Crippen molar-refractivity contribution in [1.29, 1.82) is 0 Å². The molecule has 0 bridgehead atoms. The van der Waals surface area contributed by atoms with E-state index in [9.17, 15) is 13.2 Å². The number of nitrogens with two attached hydrogens (primary N) is 1. The molecule has 0 aromatic heterocycles. The van der Waals surface area contributed by atoms with E-state index in [4.69, 9.17) is 5.73 Å². The van der Waals surface area contributed by atoms with Crippen LogP contribution in [0.2, 0.25) is 0 Å². The molecule has 1 aromatic rings. The molecule has 1 heterocycles. The molecule has 1 aromatic carbocycles. The molecule has 1 fully saturated rings. The SMILES string of the molecule is CC(C)C[C@H](N)c1cc(C(F)(F)F)ccc1N1CCNCC1. The molecule has 0 radical (unpaired) electrons. The van der Waals surface area contributed by atoms with Gasteiger partial charge in [-0.05, 0) is 36.1 Å². The number of anilines is 1. The van der Waals surface area contributed by atoms with Crippen LogP contribution in [-0.4, -0.2) is 26.2 Å². The zero-order valence-electron chi connectivity index (χ0n) is 13.1. The van der Waals surface area contributed by atoms with Crippen LogP contribution in [0, 0.1) is 5.92 Å². The highest BCUT2D eigenvalue weighted by Gasteiger charge is 2.32. The summed E-state index contributed by atoms with van der Waals surface area (Å²) in [6, 6.07) is 3.57. The van der Waals surface area contributed by atoms with Crippen LogP contribution < -0.4 is 16.0 Å². The Kier molecular flexibility index (Phi) is 5.34. The summed E-state index contributed by atoms with van der Waals surface area (Å²) in [5, 5.41) is 3.25. The Bertz CT molecular complexity index is 494. The summed E-state index contributed by atoms with van der Waals surface area (Å²) >= 11 is 0. The average molecular weight is 315 g/mol. The van der Waals surface area contributed by atoms with Crippen molar-refractivity contribution in [1.82, 2.24) is 5.32 Å². The molecule has 0 amide bonds. The van der Waals surface area contributed by atoms with Crippen molar-refractivity contribution in [3.05, 3.63) is 29.3 Å². The first kappa shape index (κ1) is 17.1. The van der Waals surface area contributed by atoms with Crippen molar-refractivity contribution < 1.29 is 13.2 Å². The molecule has 0 spiro atoms. The monoisotopic (exact) mass is 315 g/mol. The van der Waals surface area contributed by atoms with E-state index >= 15 is 0 Å². The quantitative estimate of drug-likeness (QED) is 0.897. The average Bonchev–Trinajstić information content (AvgIpc) is 2.46. The summed E-state index contributed by atoms with van der Waals surface area (Å²) in [5.74, 6) is 0.334. The third kappa shape index (κ3) is 4.14. The van der Waals surface area contributed by atoms with Crippen molar-refractivity contribution in [3.8, 4) is 0 Å². The topological polar surface area (TPSA) is 41.3 Å².